The van der Waals surface area contributed by atoms with Crippen molar-refractivity contribution in [2.45, 2.75) is 38.0 Å². The van der Waals surface area contributed by atoms with E-state index in [1.54, 1.807) is 4.90 Å². The van der Waals surface area contributed by atoms with E-state index in [1.165, 1.54) is 18.4 Å². The molecule has 1 amide bonds. The molecule has 1 aliphatic carbocycles. The molecule has 0 bridgehead atoms. The molecular weight excluding hydrogens is 282 g/mol. The summed E-state index contributed by atoms with van der Waals surface area (Å²) in [5.41, 5.74) is 1.23. The molecule has 114 valence electrons. The number of likely N-dealkylation sites (tertiary alicyclic amines) is 1. The molecule has 0 atom stereocenters. The van der Waals surface area contributed by atoms with Crippen molar-refractivity contribution in [1.29, 1.82) is 0 Å². The minimum atomic E-state index is -0.210. The highest BCUT2D eigenvalue weighted by atomic mass is 16.5. The van der Waals surface area contributed by atoms with Gasteiger partial charge in [-0.05, 0) is 24.3 Å². The highest BCUT2D eigenvalue weighted by Gasteiger charge is 2.36. The van der Waals surface area contributed by atoms with Gasteiger partial charge >= 0.3 is 11.8 Å². The van der Waals surface area contributed by atoms with Gasteiger partial charge in [0, 0.05) is 31.9 Å². The van der Waals surface area contributed by atoms with Crippen molar-refractivity contribution in [1.82, 2.24) is 25.0 Å². The summed E-state index contributed by atoms with van der Waals surface area (Å²) in [6, 6.07) is 0. The Hall–Kier alpha value is -2.31. The van der Waals surface area contributed by atoms with Gasteiger partial charge in [-0.15, -0.1) is 0 Å². The Bertz CT molecular complexity index is 686. The standard InChI is InChI=1S/C15H17N5O2/c1-2-12-18-14(22-19-12)15(21)20-7-11(8-20)13-16-5-10(6-17-13)9-3-4-9/h5-6,9,11H,2-4,7-8H2,1H3. The van der Waals surface area contributed by atoms with E-state index < -0.39 is 0 Å². The monoisotopic (exact) mass is 299 g/mol. The average Bonchev–Trinajstić information content (AvgIpc) is 3.23. The second-order valence-corrected chi connectivity index (χ2v) is 5.93. The van der Waals surface area contributed by atoms with Gasteiger partial charge in [-0.2, -0.15) is 4.98 Å². The molecule has 0 unspecified atom stereocenters. The first-order valence-electron chi connectivity index (χ1n) is 7.68. The third-order valence-corrected chi connectivity index (χ3v) is 4.24. The van der Waals surface area contributed by atoms with Gasteiger partial charge in [0.1, 0.15) is 5.82 Å². The summed E-state index contributed by atoms with van der Waals surface area (Å²) in [6.07, 6.45) is 7.00. The van der Waals surface area contributed by atoms with Crippen molar-refractivity contribution in [3.8, 4) is 0 Å². The number of aromatic nitrogens is 4. The van der Waals surface area contributed by atoms with Gasteiger partial charge in [0.2, 0.25) is 0 Å². The Labute approximate surface area is 127 Å². The maximum atomic E-state index is 12.2. The first-order chi connectivity index (χ1) is 10.7. The molecule has 2 aliphatic rings. The second-order valence-electron chi connectivity index (χ2n) is 5.93. The number of rotatable bonds is 4. The zero-order valence-corrected chi connectivity index (χ0v) is 12.4. The van der Waals surface area contributed by atoms with Gasteiger partial charge in [-0.1, -0.05) is 12.1 Å². The molecule has 3 heterocycles. The molecular formula is C15H17N5O2. The minimum Gasteiger partial charge on any atom is -0.333 e. The highest BCUT2D eigenvalue weighted by molar-refractivity contribution is 5.90. The lowest BCUT2D eigenvalue weighted by Gasteiger charge is -2.37. The lowest BCUT2D eigenvalue weighted by Crippen LogP contribution is -2.49. The zero-order valence-electron chi connectivity index (χ0n) is 12.4. The van der Waals surface area contributed by atoms with Gasteiger partial charge in [0.15, 0.2) is 5.82 Å². The lowest BCUT2D eigenvalue weighted by atomic mass is 9.99. The van der Waals surface area contributed by atoms with Gasteiger partial charge in [-0.25, -0.2) is 9.97 Å². The van der Waals surface area contributed by atoms with E-state index in [2.05, 4.69) is 20.1 Å². The second kappa shape index (κ2) is 5.15. The predicted octanol–water partition coefficient (Wildman–Crippen LogP) is 1.54. The van der Waals surface area contributed by atoms with E-state index in [0.29, 0.717) is 31.3 Å². The van der Waals surface area contributed by atoms with E-state index in [-0.39, 0.29) is 17.7 Å². The normalized spacial score (nSPS) is 18.3. The molecule has 1 saturated heterocycles. The van der Waals surface area contributed by atoms with E-state index in [4.69, 9.17) is 4.52 Å². The molecule has 0 radical (unpaired) electrons. The van der Waals surface area contributed by atoms with Crippen LogP contribution in [0.15, 0.2) is 16.9 Å². The van der Waals surface area contributed by atoms with Gasteiger partial charge in [0.05, 0.1) is 5.92 Å². The minimum absolute atomic E-state index is 0.0697. The van der Waals surface area contributed by atoms with Gasteiger partial charge < -0.3 is 9.42 Å². The zero-order chi connectivity index (χ0) is 15.1. The molecule has 1 aliphatic heterocycles. The van der Waals surface area contributed by atoms with Gasteiger partial charge in [-0.3, -0.25) is 4.79 Å². The van der Waals surface area contributed by atoms with Crippen molar-refractivity contribution < 1.29 is 9.32 Å². The summed E-state index contributed by atoms with van der Waals surface area (Å²) in [6.45, 7) is 3.12. The molecule has 0 spiro atoms. The fourth-order valence-corrected chi connectivity index (χ4v) is 2.61. The number of carbonyl (C=O) groups excluding carboxylic acids is 1. The maximum Gasteiger partial charge on any atom is 0.316 e. The molecule has 7 nitrogen and oxygen atoms in total. The van der Waals surface area contributed by atoms with E-state index in [9.17, 15) is 4.79 Å². The van der Waals surface area contributed by atoms with Crippen LogP contribution in [0.2, 0.25) is 0 Å². The quantitative estimate of drug-likeness (QED) is 0.851. The van der Waals surface area contributed by atoms with Crippen molar-refractivity contribution in [2.24, 2.45) is 0 Å². The Kier molecular flexibility index (Phi) is 3.13. The van der Waals surface area contributed by atoms with E-state index >= 15 is 0 Å². The number of carbonyl (C=O) groups is 1. The fourth-order valence-electron chi connectivity index (χ4n) is 2.61. The molecule has 1 saturated carbocycles. The first-order valence-corrected chi connectivity index (χ1v) is 7.68. The number of aryl methyl sites for hydroxylation is 1. The Morgan fingerprint density at radius 3 is 2.59 bits per heavy atom. The molecule has 22 heavy (non-hydrogen) atoms. The average molecular weight is 299 g/mol. The molecule has 2 aromatic heterocycles. The summed E-state index contributed by atoms with van der Waals surface area (Å²) >= 11 is 0. The maximum absolute atomic E-state index is 12.2. The largest absolute Gasteiger partial charge is 0.333 e. The van der Waals surface area contributed by atoms with Crippen LogP contribution >= 0.6 is 0 Å². The predicted molar refractivity (Wildman–Crippen MR) is 76.3 cm³/mol. The van der Waals surface area contributed by atoms with Crippen molar-refractivity contribution in [3.05, 3.63) is 35.5 Å². The van der Waals surface area contributed by atoms with Crippen LogP contribution in [0, 0.1) is 0 Å². The van der Waals surface area contributed by atoms with Crippen molar-refractivity contribution >= 4 is 5.91 Å². The molecule has 0 N–H and O–H groups in total. The Balaban J connectivity index is 1.37. The topological polar surface area (TPSA) is 85.0 Å². The SMILES string of the molecule is CCc1noc(C(=O)N2CC(c3ncc(C4CC4)cn3)C2)n1. The van der Waals surface area contributed by atoms with Crippen molar-refractivity contribution in [3.63, 3.8) is 0 Å². The van der Waals surface area contributed by atoms with Crippen LogP contribution < -0.4 is 0 Å². The fraction of sp³-hybridized carbons (Fsp3) is 0.533. The molecule has 2 fully saturated rings. The Morgan fingerprint density at radius 1 is 1.27 bits per heavy atom. The summed E-state index contributed by atoms with van der Waals surface area (Å²) in [5.74, 6) is 2.09. The molecule has 4 rings (SSSR count). The van der Waals surface area contributed by atoms with Crippen LogP contribution in [-0.4, -0.2) is 44.0 Å². The summed E-state index contributed by atoms with van der Waals surface area (Å²) in [4.78, 5) is 26.8. The van der Waals surface area contributed by atoms with Crippen LogP contribution in [0.4, 0.5) is 0 Å². The molecule has 0 aromatic carbocycles. The summed E-state index contributed by atoms with van der Waals surface area (Å²) in [7, 11) is 0. The van der Waals surface area contributed by atoms with Crippen molar-refractivity contribution in [2.75, 3.05) is 13.1 Å². The van der Waals surface area contributed by atoms with Crippen LogP contribution in [0.5, 0.6) is 0 Å². The van der Waals surface area contributed by atoms with E-state index in [0.717, 1.165) is 5.82 Å². The van der Waals surface area contributed by atoms with Crippen LogP contribution in [-0.2, 0) is 6.42 Å². The summed E-state index contributed by atoms with van der Waals surface area (Å²) < 4.78 is 4.98. The van der Waals surface area contributed by atoms with Crippen LogP contribution in [0.3, 0.4) is 0 Å². The third-order valence-electron chi connectivity index (χ3n) is 4.24. The van der Waals surface area contributed by atoms with Gasteiger partial charge in [0.25, 0.3) is 0 Å². The smallest absolute Gasteiger partial charge is 0.316 e. The number of hydrogen-bond donors (Lipinski definition) is 0. The lowest BCUT2D eigenvalue weighted by molar-refractivity contribution is 0.0544. The van der Waals surface area contributed by atoms with Crippen LogP contribution in [0.25, 0.3) is 0 Å². The summed E-state index contributed by atoms with van der Waals surface area (Å²) in [5, 5.41) is 3.75. The number of amides is 1. The molecule has 7 heteroatoms. The molecule has 2 aromatic rings. The van der Waals surface area contributed by atoms with E-state index in [1.807, 2.05) is 19.3 Å². The number of nitrogens with zero attached hydrogens (tertiary/aromatic N) is 5. The first kappa shape index (κ1) is 13.4. The number of hydrogen-bond acceptors (Lipinski definition) is 6. The van der Waals surface area contributed by atoms with Crippen LogP contribution in [0.1, 0.15) is 59.5 Å². The highest BCUT2D eigenvalue weighted by Crippen LogP contribution is 2.39. The Morgan fingerprint density at radius 2 is 2.00 bits per heavy atom. The third kappa shape index (κ3) is 2.36.